The minimum Gasteiger partial charge on any atom is -0.495 e. The molecule has 2 rings (SSSR count). The molecule has 0 aromatic heterocycles. The van der Waals surface area contributed by atoms with Crippen molar-refractivity contribution >= 4 is 46.4 Å². The van der Waals surface area contributed by atoms with Gasteiger partial charge in [0.2, 0.25) is 11.8 Å². The molecule has 0 saturated heterocycles. The SMILES string of the molecule is COc1ccc(N(CC(=O)Nc2cccc(Cl)c2)C(C)=O)cc1Cl. The summed E-state index contributed by atoms with van der Waals surface area (Å²) in [7, 11) is 1.50. The van der Waals surface area contributed by atoms with Crippen LogP contribution in [0.1, 0.15) is 6.92 Å². The molecule has 0 radical (unpaired) electrons. The predicted octanol–water partition coefficient (Wildman–Crippen LogP) is 3.99. The van der Waals surface area contributed by atoms with Gasteiger partial charge in [0.05, 0.1) is 12.1 Å². The van der Waals surface area contributed by atoms with E-state index < -0.39 is 0 Å². The highest BCUT2D eigenvalue weighted by Crippen LogP contribution is 2.29. The number of carbonyl (C=O) groups excluding carboxylic acids is 2. The van der Waals surface area contributed by atoms with Gasteiger partial charge >= 0.3 is 0 Å². The van der Waals surface area contributed by atoms with Crippen molar-refractivity contribution in [2.24, 2.45) is 0 Å². The zero-order valence-electron chi connectivity index (χ0n) is 13.2. The van der Waals surface area contributed by atoms with Crippen LogP contribution in [0, 0.1) is 0 Å². The maximum atomic E-state index is 12.2. The summed E-state index contributed by atoms with van der Waals surface area (Å²) in [5, 5.41) is 3.57. The Balaban J connectivity index is 2.15. The van der Waals surface area contributed by atoms with Crippen molar-refractivity contribution in [2.75, 3.05) is 23.9 Å². The lowest BCUT2D eigenvalue weighted by Crippen LogP contribution is -2.36. The summed E-state index contributed by atoms with van der Waals surface area (Å²) in [5.74, 6) is -0.135. The second-order valence-electron chi connectivity index (χ2n) is 4.98. The van der Waals surface area contributed by atoms with Crippen LogP contribution >= 0.6 is 23.2 Å². The first-order valence-electron chi connectivity index (χ1n) is 7.07. The number of carbonyl (C=O) groups is 2. The van der Waals surface area contributed by atoms with Crippen molar-refractivity contribution in [3.63, 3.8) is 0 Å². The highest BCUT2D eigenvalue weighted by atomic mass is 35.5. The Hall–Kier alpha value is -2.24. The molecule has 1 N–H and O–H groups in total. The Kier molecular flexibility index (Phi) is 6.06. The van der Waals surface area contributed by atoms with E-state index in [-0.39, 0.29) is 18.4 Å². The van der Waals surface area contributed by atoms with Crippen molar-refractivity contribution in [1.29, 1.82) is 0 Å². The molecule has 0 aliphatic heterocycles. The largest absolute Gasteiger partial charge is 0.495 e. The molecule has 7 heteroatoms. The molecule has 0 bridgehead atoms. The number of hydrogen-bond acceptors (Lipinski definition) is 3. The molecule has 126 valence electrons. The molecule has 2 aromatic carbocycles. The summed E-state index contributed by atoms with van der Waals surface area (Å²) in [5.41, 5.74) is 1.07. The number of rotatable bonds is 5. The van der Waals surface area contributed by atoms with Gasteiger partial charge in [0, 0.05) is 23.3 Å². The van der Waals surface area contributed by atoms with Crippen LogP contribution in [0.25, 0.3) is 0 Å². The molecule has 0 spiro atoms. The first kappa shape index (κ1) is 18.1. The fraction of sp³-hybridized carbons (Fsp3) is 0.176. The molecule has 0 heterocycles. The quantitative estimate of drug-likeness (QED) is 0.869. The van der Waals surface area contributed by atoms with Gasteiger partial charge in [-0.3, -0.25) is 9.59 Å². The number of ether oxygens (including phenoxy) is 1. The predicted molar refractivity (Wildman–Crippen MR) is 96.1 cm³/mol. The summed E-state index contributed by atoms with van der Waals surface area (Å²) in [6, 6.07) is 11.7. The van der Waals surface area contributed by atoms with Crippen LogP contribution in [0.3, 0.4) is 0 Å². The zero-order chi connectivity index (χ0) is 17.7. The topological polar surface area (TPSA) is 58.6 Å². The van der Waals surface area contributed by atoms with Gasteiger partial charge in [-0.2, -0.15) is 0 Å². The summed E-state index contributed by atoms with van der Waals surface area (Å²) in [4.78, 5) is 25.4. The summed E-state index contributed by atoms with van der Waals surface area (Å²) >= 11 is 12.0. The van der Waals surface area contributed by atoms with Gasteiger partial charge in [-0.25, -0.2) is 0 Å². The van der Waals surface area contributed by atoms with Crippen LogP contribution in [0.4, 0.5) is 11.4 Å². The Morgan fingerprint density at radius 2 is 1.92 bits per heavy atom. The highest BCUT2D eigenvalue weighted by Gasteiger charge is 2.17. The van der Waals surface area contributed by atoms with Gasteiger partial charge in [0.25, 0.3) is 0 Å². The lowest BCUT2D eigenvalue weighted by molar-refractivity contribution is -0.120. The average Bonchev–Trinajstić information content (AvgIpc) is 2.52. The number of anilines is 2. The number of halogens is 2. The number of hydrogen-bond donors (Lipinski definition) is 1. The molecular formula is C17H16Cl2N2O3. The normalized spacial score (nSPS) is 10.2. The fourth-order valence-corrected chi connectivity index (χ4v) is 2.56. The van der Waals surface area contributed by atoms with E-state index in [1.165, 1.54) is 18.9 Å². The van der Waals surface area contributed by atoms with Crippen molar-refractivity contribution in [2.45, 2.75) is 6.92 Å². The standard InChI is InChI=1S/C17H16Cl2N2O3/c1-11(22)21(14-6-7-16(24-2)15(19)9-14)10-17(23)20-13-5-3-4-12(18)8-13/h3-9H,10H2,1-2H3,(H,20,23). The third-order valence-corrected chi connectivity index (χ3v) is 3.77. The minimum atomic E-state index is -0.348. The van der Waals surface area contributed by atoms with Crippen molar-refractivity contribution in [3.05, 3.63) is 52.5 Å². The van der Waals surface area contributed by atoms with Gasteiger partial charge in [-0.05, 0) is 36.4 Å². The lowest BCUT2D eigenvalue weighted by Gasteiger charge is -2.21. The van der Waals surface area contributed by atoms with Gasteiger partial charge < -0.3 is 15.0 Å². The summed E-state index contributed by atoms with van der Waals surface area (Å²) in [6.45, 7) is 1.23. The zero-order valence-corrected chi connectivity index (χ0v) is 14.7. The third-order valence-electron chi connectivity index (χ3n) is 3.24. The molecular weight excluding hydrogens is 351 g/mol. The van der Waals surface area contributed by atoms with Crippen LogP contribution in [0.2, 0.25) is 10.0 Å². The van der Waals surface area contributed by atoms with Gasteiger partial charge in [0.1, 0.15) is 12.3 Å². The molecule has 24 heavy (non-hydrogen) atoms. The summed E-state index contributed by atoms with van der Waals surface area (Å²) < 4.78 is 5.08. The van der Waals surface area contributed by atoms with Gasteiger partial charge in [-0.1, -0.05) is 29.3 Å². The van der Waals surface area contributed by atoms with Crippen LogP contribution < -0.4 is 15.0 Å². The second-order valence-corrected chi connectivity index (χ2v) is 5.83. The Morgan fingerprint density at radius 3 is 2.50 bits per heavy atom. The van der Waals surface area contributed by atoms with Gasteiger partial charge in [-0.15, -0.1) is 0 Å². The molecule has 2 amide bonds. The Morgan fingerprint density at radius 1 is 1.17 bits per heavy atom. The minimum absolute atomic E-state index is 0.148. The maximum Gasteiger partial charge on any atom is 0.244 e. The van der Waals surface area contributed by atoms with E-state index in [1.807, 2.05) is 0 Å². The number of nitrogens with zero attached hydrogens (tertiary/aromatic N) is 1. The smallest absolute Gasteiger partial charge is 0.244 e. The number of benzene rings is 2. The van der Waals surface area contributed by atoms with E-state index in [2.05, 4.69) is 5.32 Å². The van der Waals surface area contributed by atoms with Crippen LogP contribution in [-0.2, 0) is 9.59 Å². The number of methoxy groups -OCH3 is 1. The Bertz CT molecular complexity index is 765. The Labute approximate surface area is 150 Å². The van der Waals surface area contributed by atoms with Crippen molar-refractivity contribution in [1.82, 2.24) is 0 Å². The average molecular weight is 367 g/mol. The highest BCUT2D eigenvalue weighted by molar-refractivity contribution is 6.32. The first-order chi connectivity index (χ1) is 11.4. The second kappa shape index (κ2) is 8.04. The van der Waals surface area contributed by atoms with E-state index in [0.29, 0.717) is 27.2 Å². The van der Waals surface area contributed by atoms with Crippen LogP contribution in [0.15, 0.2) is 42.5 Å². The fourth-order valence-electron chi connectivity index (χ4n) is 2.12. The third kappa shape index (κ3) is 4.63. The maximum absolute atomic E-state index is 12.2. The molecule has 5 nitrogen and oxygen atoms in total. The molecule has 0 atom stereocenters. The van der Waals surface area contributed by atoms with E-state index >= 15 is 0 Å². The van der Waals surface area contributed by atoms with Crippen molar-refractivity contribution in [3.8, 4) is 5.75 Å². The van der Waals surface area contributed by atoms with Crippen LogP contribution in [0.5, 0.6) is 5.75 Å². The molecule has 2 aromatic rings. The lowest BCUT2D eigenvalue weighted by atomic mass is 10.2. The molecule has 0 unspecified atom stereocenters. The van der Waals surface area contributed by atoms with Gasteiger partial charge in [0.15, 0.2) is 0 Å². The monoisotopic (exact) mass is 366 g/mol. The van der Waals surface area contributed by atoms with Crippen LogP contribution in [-0.4, -0.2) is 25.5 Å². The van der Waals surface area contributed by atoms with E-state index in [0.717, 1.165) is 0 Å². The van der Waals surface area contributed by atoms with E-state index in [1.54, 1.807) is 42.5 Å². The first-order valence-corrected chi connectivity index (χ1v) is 7.83. The molecule has 0 aliphatic carbocycles. The van der Waals surface area contributed by atoms with Crippen molar-refractivity contribution < 1.29 is 14.3 Å². The molecule has 0 fully saturated rings. The molecule has 0 aliphatic rings. The number of nitrogens with one attached hydrogen (secondary N) is 1. The molecule has 0 saturated carbocycles. The van der Waals surface area contributed by atoms with E-state index in [9.17, 15) is 9.59 Å². The summed E-state index contributed by atoms with van der Waals surface area (Å²) in [6.07, 6.45) is 0. The number of amides is 2. The van der Waals surface area contributed by atoms with E-state index in [4.69, 9.17) is 27.9 Å².